The maximum absolute atomic E-state index is 5.68. The normalized spacial score (nSPS) is 22.6. The van der Waals surface area contributed by atoms with Crippen LogP contribution in [0.1, 0.15) is 31.5 Å². The Morgan fingerprint density at radius 1 is 1.81 bits per heavy atom. The van der Waals surface area contributed by atoms with Gasteiger partial charge in [0.15, 0.2) is 0 Å². The monoisotopic (exact) mass is 288 g/mol. The molecule has 5 nitrogen and oxygen atoms in total. The molecule has 0 radical (unpaired) electrons. The van der Waals surface area contributed by atoms with Gasteiger partial charge in [0, 0.05) is 13.2 Å². The van der Waals surface area contributed by atoms with E-state index in [1.54, 1.807) is 6.20 Å². The molecule has 1 fully saturated rings. The average Bonchev–Trinajstić information content (AvgIpc) is 2.91. The van der Waals surface area contributed by atoms with Gasteiger partial charge in [-0.05, 0) is 35.7 Å². The molecule has 0 spiro atoms. The fourth-order valence-electron chi connectivity index (χ4n) is 2.16. The first-order valence-electron chi connectivity index (χ1n) is 5.56. The summed E-state index contributed by atoms with van der Waals surface area (Å²) in [6.45, 7) is 3.71. The van der Waals surface area contributed by atoms with E-state index in [-0.39, 0.29) is 12.1 Å². The van der Waals surface area contributed by atoms with Crippen LogP contribution < -0.4 is 11.3 Å². The zero-order valence-electron chi connectivity index (χ0n) is 9.32. The number of nitrogens with two attached hydrogens (primary N) is 1. The number of aromatic nitrogens is 2. The van der Waals surface area contributed by atoms with Crippen LogP contribution in [0.5, 0.6) is 0 Å². The quantitative estimate of drug-likeness (QED) is 0.648. The number of ether oxygens (including phenoxy) is 1. The summed E-state index contributed by atoms with van der Waals surface area (Å²) in [7, 11) is 0. The summed E-state index contributed by atoms with van der Waals surface area (Å²) in [5.41, 5.74) is 3.91. The molecule has 2 rings (SSSR count). The van der Waals surface area contributed by atoms with Gasteiger partial charge in [-0.1, -0.05) is 0 Å². The molecule has 0 amide bonds. The first kappa shape index (κ1) is 12.0. The summed E-state index contributed by atoms with van der Waals surface area (Å²) >= 11 is 3.51. The number of aryl methyl sites for hydroxylation is 1. The Morgan fingerprint density at radius 2 is 2.62 bits per heavy atom. The molecule has 0 aliphatic carbocycles. The zero-order chi connectivity index (χ0) is 11.5. The lowest BCUT2D eigenvalue weighted by Gasteiger charge is -2.23. The van der Waals surface area contributed by atoms with E-state index in [1.807, 2.05) is 4.68 Å². The SMILES string of the molecule is CCn1ncc(Br)c1C(NN)C1CCCO1. The topological polar surface area (TPSA) is 65.1 Å². The number of halogens is 1. The van der Waals surface area contributed by atoms with Crippen molar-refractivity contribution >= 4 is 15.9 Å². The number of hydrogen-bond acceptors (Lipinski definition) is 4. The van der Waals surface area contributed by atoms with Crippen molar-refractivity contribution in [3.8, 4) is 0 Å². The molecular weight excluding hydrogens is 272 g/mol. The highest BCUT2D eigenvalue weighted by atomic mass is 79.9. The first-order valence-corrected chi connectivity index (χ1v) is 6.36. The lowest BCUT2D eigenvalue weighted by molar-refractivity contribution is 0.0753. The van der Waals surface area contributed by atoms with E-state index in [1.165, 1.54) is 0 Å². The van der Waals surface area contributed by atoms with Crippen molar-refractivity contribution in [2.45, 2.75) is 38.5 Å². The van der Waals surface area contributed by atoms with E-state index >= 15 is 0 Å². The van der Waals surface area contributed by atoms with Crippen LogP contribution in [0.4, 0.5) is 0 Å². The number of rotatable bonds is 4. The molecule has 2 heterocycles. The van der Waals surface area contributed by atoms with Gasteiger partial charge < -0.3 is 4.74 Å². The minimum absolute atomic E-state index is 0.000625. The van der Waals surface area contributed by atoms with Crippen LogP contribution in [-0.4, -0.2) is 22.5 Å². The van der Waals surface area contributed by atoms with E-state index in [2.05, 4.69) is 33.4 Å². The second-order valence-corrected chi connectivity index (χ2v) is 4.74. The summed E-state index contributed by atoms with van der Waals surface area (Å²) in [4.78, 5) is 0. The third kappa shape index (κ3) is 2.15. The van der Waals surface area contributed by atoms with Crippen LogP contribution in [0.3, 0.4) is 0 Å². The molecule has 0 bridgehead atoms. The van der Waals surface area contributed by atoms with Crippen molar-refractivity contribution in [2.75, 3.05) is 6.61 Å². The van der Waals surface area contributed by atoms with E-state index in [0.29, 0.717) is 0 Å². The highest BCUT2D eigenvalue weighted by molar-refractivity contribution is 9.10. The summed E-state index contributed by atoms with van der Waals surface area (Å²) in [6.07, 6.45) is 4.08. The van der Waals surface area contributed by atoms with Crippen molar-refractivity contribution in [1.82, 2.24) is 15.2 Å². The Hall–Kier alpha value is -0.430. The molecular formula is C10H17BrN4O. The van der Waals surface area contributed by atoms with Crippen molar-refractivity contribution in [1.29, 1.82) is 0 Å². The average molecular weight is 289 g/mol. The fourth-order valence-corrected chi connectivity index (χ4v) is 2.70. The van der Waals surface area contributed by atoms with E-state index in [4.69, 9.17) is 10.6 Å². The molecule has 0 saturated carbocycles. The molecule has 1 aliphatic rings. The summed E-state index contributed by atoms with van der Waals surface area (Å²) in [5, 5.41) is 4.29. The molecule has 6 heteroatoms. The van der Waals surface area contributed by atoms with Crippen LogP contribution in [0.15, 0.2) is 10.7 Å². The van der Waals surface area contributed by atoms with Gasteiger partial charge in [0.25, 0.3) is 0 Å². The molecule has 1 aromatic heterocycles. The lowest BCUT2D eigenvalue weighted by Crippen LogP contribution is -2.38. The summed E-state index contributed by atoms with van der Waals surface area (Å²) in [6, 6.07) is -0.000625. The zero-order valence-corrected chi connectivity index (χ0v) is 10.9. The highest BCUT2D eigenvalue weighted by Crippen LogP contribution is 2.30. The first-order chi connectivity index (χ1) is 7.77. The fraction of sp³-hybridized carbons (Fsp3) is 0.700. The van der Waals surface area contributed by atoms with E-state index in [9.17, 15) is 0 Å². The second kappa shape index (κ2) is 5.27. The summed E-state index contributed by atoms with van der Waals surface area (Å²) < 4.78 is 8.60. The highest BCUT2D eigenvalue weighted by Gasteiger charge is 2.30. The second-order valence-electron chi connectivity index (χ2n) is 3.89. The summed E-state index contributed by atoms with van der Waals surface area (Å²) in [5.74, 6) is 5.64. The Kier molecular flexibility index (Phi) is 3.96. The van der Waals surface area contributed by atoms with Gasteiger partial charge in [0.05, 0.1) is 28.5 Å². The maximum atomic E-state index is 5.68. The molecule has 1 aromatic rings. The number of nitrogens with one attached hydrogen (secondary N) is 1. The molecule has 1 saturated heterocycles. The molecule has 90 valence electrons. The van der Waals surface area contributed by atoms with Crippen molar-refractivity contribution in [2.24, 2.45) is 5.84 Å². The molecule has 3 N–H and O–H groups in total. The Morgan fingerprint density at radius 3 is 3.19 bits per heavy atom. The number of hydrogen-bond donors (Lipinski definition) is 2. The van der Waals surface area contributed by atoms with Gasteiger partial charge >= 0.3 is 0 Å². The maximum Gasteiger partial charge on any atom is 0.0901 e. The Bertz CT molecular complexity index is 349. The van der Waals surface area contributed by atoms with Gasteiger partial charge in [0.1, 0.15) is 0 Å². The predicted molar refractivity (Wildman–Crippen MR) is 64.6 cm³/mol. The number of nitrogens with zero attached hydrogens (tertiary/aromatic N) is 2. The van der Waals surface area contributed by atoms with Gasteiger partial charge in [0.2, 0.25) is 0 Å². The predicted octanol–water partition coefficient (Wildman–Crippen LogP) is 1.35. The van der Waals surface area contributed by atoms with Crippen LogP contribution in [0, 0.1) is 0 Å². The smallest absolute Gasteiger partial charge is 0.0901 e. The molecule has 16 heavy (non-hydrogen) atoms. The standard InChI is InChI=1S/C10H17BrN4O/c1-2-15-10(7(11)6-13-15)9(14-12)8-4-3-5-16-8/h6,8-9,14H,2-5,12H2,1H3. The van der Waals surface area contributed by atoms with Crippen molar-refractivity contribution in [3.05, 3.63) is 16.4 Å². The third-order valence-electron chi connectivity index (χ3n) is 2.94. The van der Waals surface area contributed by atoms with E-state index in [0.717, 1.165) is 36.2 Å². The molecule has 1 aliphatic heterocycles. The van der Waals surface area contributed by atoms with Crippen LogP contribution >= 0.6 is 15.9 Å². The Balaban J connectivity index is 2.27. The molecule has 2 unspecified atom stereocenters. The van der Waals surface area contributed by atoms with Crippen molar-refractivity contribution in [3.63, 3.8) is 0 Å². The number of hydrazine groups is 1. The lowest BCUT2D eigenvalue weighted by atomic mass is 10.1. The van der Waals surface area contributed by atoms with Crippen LogP contribution in [-0.2, 0) is 11.3 Å². The molecule has 2 atom stereocenters. The Labute approximate surface area is 103 Å². The van der Waals surface area contributed by atoms with Gasteiger partial charge in [-0.25, -0.2) is 5.43 Å². The van der Waals surface area contributed by atoms with Crippen LogP contribution in [0.2, 0.25) is 0 Å². The molecule has 0 aromatic carbocycles. The minimum atomic E-state index is -0.000625. The van der Waals surface area contributed by atoms with Crippen molar-refractivity contribution < 1.29 is 4.74 Å². The van der Waals surface area contributed by atoms with Gasteiger partial charge in [-0.2, -0.15) is 5.10 Å². The minimum Gasteiger partial charge on any atom is -0.376 e. The van der Waals surface area contributed by atoms with Gasteiger partial charge in [-0.15, -0.1) is 0 Å². The third-order valence-corrected chi connectivity index (χ3v) is 3.55. The van der Waals surface area contributed by atoms with Crippen LogP contribution in [0.25, 0.3) is 0 Å². The largest absolute Gasteiger partial charge is 0.376 e. The van der Waals surface area contributed by atoms with E-state index < -0.39 is 0 Å². The van der Waals surface area contributed by atoms with Gasteiger partial charge in [-0.3, -0.25) is 10.5 Å².